The predicted octanol–water partition coefficient (Wildman–Crippen LogP) is 4.08. The Labute approximate surface area is 147 Å². The van der Waals surface area contributed by atoms with Crippen molar-refractivity contribution in [3.8, 4) is 0 Å². The first-order valence-corrected chi connectivity index (χ1v) is 8.41. The van der Waals surface area contributed by atoms with Gasteiger partial charge in [-0.2, -0.15) is 0 Å². The van der Waals surface area contributed by atoms with Gasteiger partial charge in [-0.3, -0.25) is 9.59 Å². The Balaban J connectivity index is 1.71. The molecule has 0 aliphatic rings. The zero-order chi connectivity index (χ0) is 17.8. The highest BCUT2D eigenvalue weighted by Crippen LogP contribution is 2.21. The molecule has 0 spiro atoms. The number of rotatable bonds is 7. The Morgan fingerprint density at radius 1 is 0.880 bits per heavy atom. The van der Waals surface area contributed by atoms with Crippen LogP contribution in [0.3, 0.4) is 0 Å². The van der Waals surface area contributed by atoms with Gasteiger partial charge < -0.3 is 9.88 Å². The van der Waals surface area contributed by atoms with Crippen molar-refractivity contribution in [2.24, 2.45) is 0 Å². The maximum atomic E-state index is 12.6. The van der Waals surface area contributed by atoms with Crippen molar-refractivity contribution >= 4 is 22.5 Å². The van der Waals surface area contributed by atoms with Crippen molar-refractivity contribution in [1.29, 1.82) is 0 Å². The number of aromatic amines is 1. The third-order valence-electron chi connectivity index (χ3n) is 4.27. The average molecular weight is 334 g/mol. The van der Waals surface area contributed by atoms with Gasteiger partial charge in [-0.25, -0.2) is 0 Å². The average Bonchev–Trinajstić information content (AvgIpc) is 3.03. The van der Waals surface area contributed by atoms with E-state index in [1.807, 2.05) is 67.5 Å². The van der Waals surface area contributed by atoms with Gasteiger partial charge in [0.2, 0.25) is 0 Å². The molecule has 0 aliphatic carbocycles. The Bertz CT molecular complexity index is 909. The number of fused-ring (bicyclic) bond motifs is 1. The maximum Gasteiger partial charge on any atom is 0.165 e. The molecule has 0 saturated heterocycles. The lowest BCUT2D eigenvalue weighted by Crippen LogP contribution is -2.14. The first kappa shape index (κ1) is 17.1. The van der Waals surface area contributed by atoms with Crippen molar-refractivity contribution in [3.05, 3.63) is 71.4 Å². The molecule has 128 valence electrons. The number of H-pyrrole nitrogens is 1. The number of nitrogens with zero attached hydrogens (tertiary/aromatic N) is 1. The van der Waals surface area contributed by atoms with E-state index in [2.05, 4.69) is 4.98 Å². The lowest BCUT2D eigenvalue weighted by Gasteiger charge is -2.13. The summed E-state index contributed by atoms with van der Waals surface area (Å²) in [6, 6.07) is 15.3. The fraction of sp³-hybridized carbons (Fsp3) is 0.238. The molecule has 0 bridgehead atoms. The monoisotopic (exact) mass is 334 g/mol. The molecule has 0 fully saturated rings. The topological polar surface area (TPSA) is 53.2 Å². The van der Waals surface area contributed by atoms with E-state index in [0.29, 0.717) is 17.7 Å². The van der Waals surface area contributed by atoms with Gasteiger partial charge in [0.1, 0.15) is 0 Å². The summed E-state index contributed by atoms with van der Waals surface area (Å²) < 4.78 is 0. The van der Waals surface area contributed by atoms with Crippen molar-refractivity contribution in [2.45, 2.75) is 19.4 Å². The largest absolute Gasteiger partial charge is 0.360 e. The lowest BCUT2D eigenvalue weighted by atomic mass is 9.97. The van der Waals surface area contributed by atoms with Crippen molar-refractivity contribution in [1.82, 2.24) is 9.88 Å². The number of para-hydroxylation sites is 1. The van der Waals surface area contributed by atoms with E-state index in [-0.39, 0.29) is 24.4 Å². The van der Waals surface area contributed by atoms with Crippen LogP contribution in [0.5, 0.6) is 0 Å². The van der Waals surface area contributed by atoms with Crippen LogP contribution in [0.25, 0.3) is 10.9 Å². The maximum absolute atomic E-state index is 12.6. The van der Waals surface area contributed by atoms with E-state index >= 15 is 0 Å². The van der Waals surface area contributed by atoms with Gasteiger partial charge in [-0.15, -0.1) is 0 Å². The van der Waals surface area contributed by atoms with Crippen LogP contribution in [0.15, 0.2) is 54.7 Å². The number of hydrogen-bond acceptors (Lipinski definition) is 3. The molecule has 0 amide bonds. The Hall–Kier alpha value is -2.72. The third-order valence-corrected chi connectivity index (χ3v) is 4.27. The summed E-state index contributed by atoms with van der Waals surface area (Å²) >= 11 is 0. The molecule has 0 atom stereocenters. The number of benzene rings is 2. The zero-order valence-electron chi connectivity index (χ0n) is 14.6. The molecule has 4 nitrogen and oxygen atoms in total. The number of hydrogen-bond donors (Lipinski definition) is 1. The van der Waals surface area contributed by atoms with E-state index < -0.39 is 0 Å². The minimum atomic E-state index is -0.00380. The quantitative estimate of drug-likeness (QED) is 0.663. The molecule has 3 aromatic rings. The second kappa shape index (κ2) is 7.45. The number of Topliss-reactive ketones (excluding diaryl/α,β-unsaturated/α-hetero) is 2. The summed E-state index contributed by atoms with van der Waals surface area (Å²) in [7, 11) is 3.95. The third kappa shape index (κ3) is 3.86. The van der Waals surface area contributed by atoms with Crippen LogP contribution >= 0.6 is 0 Å². The number of aromatic nitrogens is 1. The summed E-state index contributed by atoms with van der Waals surface area (Å²) in [6.45, 7) is 0.707. The number of carbonyl (C=O) groups excluding carboxylic acids is 2. The van der Waals surface area contributed by atoms with Crippen LogP contribution in [0.4, 0.5) is 0 Å². The van der Waals surface area contributed by atoms with E-state index in [1.165, 1.54) is 0 Å². The number of ketones is 2. The number of carbonyl (C=O) groups is 2. The summed E-state index contributed by atoms with van der Waals surface area (Å²) in [4.78, 5) is 30.3. The molecule has 0 unspecified atom stereocenters. The second-order valence-electron chi connectivity index (χ2n) is 6.49. The van der Waals surface area contributed by atoms with Crippen molar-refractivity contribution in [2.75, 3.05) is 14.1 Å². The summed E-state index contributed by atoms with van der Waals surface area (Å²) in [5.41, 5.74) is 3.30. The van der Waals surface area contributed by atoms with Gasteiger partial charge >= 0.3 is 0 Å². The van der Waals surface area contributed by atoms with Gasteiger partial charge in [-0.05, 0) is 25.7 Å². The van der Waals surface area contributed by atoms with Gasteiger partial charge in [0.15, 0.2) is 11.6 Å². The molecule has 1 aromatic heterocycles. The van der Waals surface area contributed by atoms with Crippen molar-refractivity contribution in [3.63, 3.8) is 0 Å². The molecule has 1 heterocycles. The van der Waals surface area contributed by atoms with Gasteiger partial charge in [-0.1, -0.05) is 42.5 Å². The molecule has 3 rings (SSSR count). The predicted molar refractivity (Wildman–Crippen MR) is 100 cm³/mol. The van der Waals surface area contributed by atoms with Gasteiger partial charge in [0.05, 0.1) is 0 Å². The van der Waals surface area contributed by atoms with Crippen molar-refractivity contribution < 1.29 is 9.59 Å². The molecule has 2 aromatic carbocycles. The van der Waals surface area contributed by atoms with Gasteiger partial charge in [0.25, 0.3) is 0 Å². The zero-order valence-corrected chi connectivity index (χ0v) is 14.6. The summed E-state index contributed by atoms with van der Waals surface area (Å²) in [5, 5.41) is 0.910. The first-order chi connectivity index (χ1) is 12.1. The number of nitrogens with one attached hydrogen (secondary N) is 1. The smallest absolute Gasteiger partial charge is 0.165 e. The van der Waals surface area contributed by atoms with Crippen LogP contribution in [0.2, 0.25) is 0 Å². The van der Waals surface area contributed by atoms with E-state index in [1.54, 1.807) is 6.20 Å². The minimum absolute atomic E-state index is 0.00380. The molecule has 25 heavy (non-hydrogen) atoms. The standard InChI is InChI=1S/C21H22N2O2/c1-23(2)14-15-7-3-4-8-16(15)20(24)11-12-21(25)18-13-22-19-10-6-5-9-17(18)19/h3-10,13,22H,11-12,14H2,1-2H3. The highest BCUT2D eigenvalue weighted by Gasteiger charge is 2.16. The normalized spacial score (nSPS) is 11.2. The van der Waals surface area contributed by atoms with E-state index in [9.17, 15) is 9.59 Å². The van der Waals surface area contributed by atoms with Crippen LogP contribution in [0.1, 0.15) is 39.1 Å². The molecule has 1 N–H and O–H groups in total. The van der Waals surface area contributed by atoms with Crippen LogP contribution in [0, 0.1) is 0 Å². The second-order valence-corrected chi connectivity index (χ2v) is 6.49. The van der Waals surface area contributed by atoms with E-state index in [4.69, 9.17) is 0 Å². The molecule has 4 heteroatoms. The Morgan fingerprint density at radius 3 is 2.28 bits per heavy atom. The SMILES string of the molecule is CN(C)Cc1ccccc1C(=O)CCC(=O)c1c[nH]c2ccccc12. The highest BCUT2D eigenvalue weighted by atomic mass is 16.1. The molecule has 0 aliphatic heterocycles. The Kier molecular flexibility index (Phi) is 5.10. The van der Waals surface area contributed by atoms with Crippen LogP contribution in [-0.2, 0) is 6.54 Å². The molecular weight excluding hydrogens is 312 g/mol. The Morgan fingerprint density at radius 2 is 1.52 bits per heavy atom. The summed E-state index contributed by atoms with van der Waals surface area (Å²) in [5.74, 6) is 0.0153. The van der Waals surface area contributed by atoms with Crippen LogP contribution < -0.4 is 0 Å². The summed E-state index contributed by atoms with van der Waals surface area (Å²) in [6.07, 6.45) is 2.18. The van der Waals surface area contributed by atoms with E-state index in [0.717, 1.165) is 16.5 Å². The van der Waals surface area contributed by atoms with Gasteiger partial charge in [0, 0.05) is 47.6 Å². The molecular formula is C21H22N2O2. The molecule has 0 saturated carbocycles. The minimum Gasteiger partial charge on any atom is -0.360 e. The first-order valence-electron chi connectivity index (χ1n) is 8.41. The highest BCUT2D eigenvalue weighted by molar-refractivity contribution is 6.09. The van der Waals surface area contributed by atoms with Crippen LogP contribution in [-0.4, -0.2) is 35.5 Å². The molecule has 0 radical (unpaired) electrons. The fourth-order valence-corrected chi connectivity index (χ4v) is 3.07. The lowest BCUT2D eigenvalue weighted by molar-refractivity contribution is 0.0917. The fourth-order valence-electron chi connectivity index (χ4n) is 3.07.